The molecule has 0 bridgehead atoms. The highest BCUT2D eigenvalue weighted by molar-refractivity contribution is 9.10. The molecule has 0 radical (unpaired) electrons. The fourth-order valence-electron chi connectivity index (χ4n) is 1.93. The van der Waals surface area contributed by atoms with Gasteiger partial charge in [0.1, 0.15) is 11.6 Å². The molecule has 0 aliphatic heterocycles. The van der Waals surface area contributed by atoms with E-state index < -0.39 is 11.8 Å². The van der Waals surface area contributed by atoms with Crippen molar-refractivity contribution in [1.82, 2.24) is 4.90 Å². The molecule has 1 aromatic rings. The molecule has 4 nitrogen and oxygen atoms in total. The first-order valence-corrected chi connectivity index (χ1v) is 8.67. The summed E-state index contributed by atoms with van der Waals surface area (Å²) in [6.07, 6.45) is 1.46. The van der Waals surface area contributed by atoms with E-state index in [1.165, 1.54) is 6.20 Å². The molecule has 0 aliphatic rings. The van der Waals surface area contributed by atoms with Gasteiger partial charge in [0.05, 0.1) is 6.04 Å². The van der Waals surface area contributed by atoms with Gasteiger partial charge >= 0.3 is 0 Å². The summed E-state index contributed by atoms with van der Waals surface area (Å²) < 4.78 is 25.6. The summed E-state index contributed by atoms with van der Waals surface area (Å²) in [7, 11) is 3.45. The smallest absolute Gasteiger partial charge is 0.288 e. The van der Waals surface area contributed by atoms with Gasteiger partial charge in [-0.1, -0.05) is 11.8 Å². The molecule has 0 fully saturated rings. The van der Waals surface area contributed by atoms with Crippen LogP contribution in [0.15, 0.2) is 33.3 Å². The van der Waals surface area contributed by atoms with Crippen molar-refractivity contribution < 1.29 is 13.6 Å². The minimum absolute atomic E-state index is 0.0431. The van der Waals surface area contributed by atoms with Gasteiger partial charge in [0.25, 0.3) is 5.76 Å². The maximum Gasteiger partial charge on any atom is 0.288 e. The van der Waals surface area contributed by atoms with Crippen LogP contribution >= 0.6 is 27.7 Å². The molecule has 1 rings (SSSR count). The molecule has 1 unspecified atom stereocenters. The van der Waals surface area contributed by atoms with E-state index >= 15 is 0 Å². The Hall–Kier alpha value is -1.59. The third-order valence-electron chi connectivity index (χ3n) is 3.03. The van der Waals surface area contributed by atoms with Gasteiger partial charge in [-0.05, 0) is 47.5 Å². The van der Waals surface area contributed by atoms with Gasteiger partial charge in [-0.2, -0.15) is 14.0 Å². The zero-order valence-corrected chi connectivity index (χ0v) is 16.1. The van der Waals surface area contributed by atoms with E-state index in [0.29, 0.717) is 26.8 Å². The second kappa shape index (κ2) is 9.04. The molecule has 0 spiro atoms. The number of nitrogens with zero attached hydrogens (tertiary/aromatic N) is 2. The summed E-state index contributed by atoms with van der Waals surface area (Å²) in [6, 6.07) is 4.55. The Bertz CT molecular complexity index is 687. The predicted molar refractivity (Wildman–Crippen MR) is 96.2 cm³/mol. The maximum absolute atomic E-state index is 12.5. The van der Waals surface area contributed by atoms with Crippen molar-refractivity contribution in [2.24, 2.45) is 0 Å². The summed E-state index contributed by atoms with van der Waals surface area (Å²) in [6.45, 7) is 3.42. The molecule has 0 saturated heterocycles. The van der Waals surface area contributed by atoms with Crippen LogP contribution in [0.1, 0.15) is 12.5 Å². The third-order valence-corrected chi connectivity index (χ3v) is 4.72. The Labute approximate surface area is 153 Å². The molecule has 8 heteroatoms. The fourth-order valence-corrected chi connectivity index (χ4v) is 3.17. The third kappa shape index (κ3) is 5.80. The number of benzene rings is 1. The lowest BCUT2D eigenvalue weighted by Crippen LogP contribution is -2.28. The van der Waals surface area contributed by atoms with Gasteiger partial charge in [-0.25, -0.2) is 0 Å². The number of anilines is 1. The van der Waals surface area contributed by atoms with E-state index in [1.54, 1.807) is 45.0 Å². The number of aryl methyl sites for hydroxylation is 1. The Balaban J connectivity index is 2.99. The molecule has 130 valence electrons. The second-order valence-electron chi connectivity index (χ2n) is 5.32. The second-order valence-corrected chi connectivity index (χ2v) is 7.21. The maximum atomic E-state index is 12.5. The van der Waals surface area contributed by atoms with Crippen LogP contribution < -0.4 is 5.32 Å². The number of rotatable bonds is 7. The van der Waals surface area contributed by atoms with Crippen LogP contribution in [0.5, 0.6) is 0 Å². The molecule has 24 heavy (non-hydrogen) atoms. The number of thioether (sulfide) groups is 1. The Morgan fingerprint density at radius 3 is 2.58 bits per heavy atom. The molecule has 0 aliphatic carbocycles. The number of nitrogens with one attached hydrogen (secondary N) is 1. The highest BCUT2D eigenvalue weighted by Crippen LogP contribution is 2.35. The van der Waals surface area contributed by atoms with Gasteiger partial charge in [0.2, 0.25) is 0 Å². The zero-order chi connectivity index (χ0) is 18.4. The number of hydrogen-bond acceptors (Lipinski definition) is 5. The Morgan fingerprint density at radius 2 is 2.08 bits per heavy atom. The fraction of sp³-hybridized carbons (Fsp3) is 0.375. The summed E-state index contributed by atoms with van der Waals surface area (Å²) >= 11 is 3.72. The highest BCUT2D eigenvalue weighted by Gasteiger charge is 2.19. The minimum Gasteiger partial charge on any atom is -0.382 e. The molecule has 1 N–H and O–H groups in total. The van der Waals surface area contributed by atoms with E-state index in [2.05, 4.69) is 21.2 Å². The lowest BCUT2D eigenvalue weighted by molar-refractivity contribution is -0.115. The average Bonchev–Trinajstić information content (AvgIpc) is 2.48. The van der Waals surface area contributed by atoms with Crippen molar-refractivity contribution in [3.8, 4) is 6.07 Å². The van der Waals surface area contributed by atoms with Crippen molar-refractivity contribution in [2.75, 3.05) is 19.4 Å². The lowest BCUT2D eigenvalue weighted by Gasteiger charge is -2.18. The number of halogens is 3. The Morgan fingerprint density at radius 1 is 1.46 bits per heavy atom. The molecular formula is C16H18BrF2N3OS. The standard InChI is InChI=1S/C16H18BrF2N3OS/c1-9-5-14(24-16(18)19)12(17)6-13(9)21-10(2)15(23)11(7-20)8-22(3)4/h5-6,8,10,16,21H,1-4H3/b11-8+. The summed E-state index contributed by atoms with van der Waals surface area (Å²) in [5.74, 6) is -2.85. The van der Waals surface area contributed by atoms with E-state index in [-0.39, 0.29) is 11.4 Å². The van der Waals surface area contributed by atoms with Gasteiger partial charge in [-0.3, -0.25) is 4.79 Å². The number of carbonyl (C=O) groups is 1. The predicted octanol–water partition coefficient (Wildman–Crippen LogP) is 4.41. The molecule has 0 amide bonds. The first-order chi connectivity index (χ1) is 11.1. The summed E-state index contributed by atoms with van der Waals surface area (Å²) in [5.41, 5.74) is 1.42. The van der Waals surface area contributed by atoms with Crippen molar-refractivity contribution in [3.05, 3.63) is 33.9 Å². The van der Waals surface area contributed by atoms with E-state index in [9.17, 15) is 13.6 Å². The number of nitriles is 1. The first-order valence-electron chi connectivity index (χ1n) is 6.99. The minimum atomic E-state index is -2.51. The van der Waals surface area contributed by atoms with Crippen molar-refractivity contribution in [2.45, 2.75) is 30.5 Å². The van der Waals surface area contributed by atoms with Gasteiger partial charge in [0.15, 0.2) is 5.78 Å². The Kier molecular flexibility index (Phi) is 7.70. The lowest BCUT2D eigenvalue weighted by atomic mass is 10.1. The largest absolute Gasteiger partial charge is 0.382 e. The SMILES string of the molecule is Cc1cc(SC(F)F)c(Br)cc1NC(C)C(=O)/C(C#N)=C/N(C)C. The normalized spacial score (nSPS) is 12.7. The van der Waals surface area contributed by atoms with Crippen LogP contribution in [-0.4, -0.2) is 36.6 Å². The number of ketones is 1. The first kappa shape index (κ1) is 20.5. The molecular weight excluding hydrogens is 400 g/mol. The van der Waals surface area contributed by atoms with Gasteiger partial charge in [-0.15, -0.1) is 0 Å². The highest BCUT2D eigenvalue weighted by atomic mass is 79.9. The number of alkyl halides is 2. The molecule has 0 saturated carbocycles. The van der Waals surface area contributed by atoms with Crippen molar-refractivity contribution >= 4 is 39.2 Å². The van der Waals surface area contributed by atoms with Crippen LogP contribution in [0.25, 0.3) is 0 Å². The molecule has 0 heterocycles. The summed E-state index contributed by atoms with van der Waals surface area (Å²) in [5, 5.41) is 12.1. The van der Waals surface area contributed by atoms with Crippen LogP contribution in [0, 0.1) is 18.3 Å². The van der Waals surface area contributed by atoms with Gasteiger partial charge < -0.3 is 10.2 Å². The topological polar surface area (TPSA) is 56.1 Å². The average molecular weight is 418 g/mol. The van der Waals surface area contributed by atoms with Crippen LogP contribution in [0.4, 0.5) is 14.5 Å². The van der Waals surface area contributed by atoms with E-state index in [1.807, 2.05) is 6.07 Å². The monoisotopic (exact) mass is 417 g/mol. The molecule has 1 aromatic carbocycles. The summed E-state index contributed by atoms with van der Waals surface area (Å²) in [4.78, 5) is 14.4. The van der Waals surface area contributed by atoms with E-state index in [0.717, 1.165) is 5.56 Å². The van der Waals surface area contributed by atoms with Crippen molar-refractivity contribution in [1.29, 1.82) is 5.26 Å². The quantitative estimate of drug-likeness (QED) is 0.404. The molecule has 1 atom stereocenters. The number of carbonyl (C=O) groups excluding carboxylic acids is 1. The van der Waals surface area contributed by atoms with Crippen LogP contribution in [0.2, 0.25) is 0 Å². The van der Waals surface area contributed by atoms with Gasteiger partial charge in [0, 0.05) is 35.4 Å². The van der Waals surface area contributed by atoms with E-state index in [4.69, 9.17) is 5.26 Å². The van der Waals surface area contributed by atoms with Crippen LogP contribution in [-0.2, 0) is 4.79 Å². The van der Waals surface area contributed by atoms with Crippen LogP contribution in [0.3, 0.4) is 0 Å². The molecule has 0 aromatic heterocycles. The zero-order valence-electron chi connectivity index (χ0n) is 13.7. The number of hydrogen-bond donors (Lipinski definition) is 1. The van der Waals surface area contributed by atoms with Crippen molar-refractivity contribution in [3.63, 3.8) is 0 Å². The number of Topliss-reactive ketones (excluding diaryl/α,β-unsaturated/α-hetero) is 1.